The van der Waals surface area contributed by atoms with Crippen LogP contribution < -0.4 is 0 Å². The van der Waals surface area contributed by atoms with Crippen LogP contribution in [0.15, 0.2) is 0 Å². The number of carbonyl (C=O) groups is 1. The lowest BCUT2D eigenvalue weighted by Crippen LogP contribution is -2.12. The molecule has 0 aliphatic heterocycles. The van der Waals surface area contributed by atoms with E-state index >= 15 is 0 Å². The number of rotatable bonds is 21. The largest absolute Gasteiger partial charge is 0.309 e. The Bertz CT molecular complexity index is 301. The van der Waals surface area contributed by atoms with Gasteiger partial charge in [-0.05, 0) is 45.8 Å². The molecule has 0 unspecified atom stereocenters. The van der Waals surface area contributed by atoms with Gasteiger partial charge in [0.05, 0.1) is 0 Å². The Hall–Kier alpha value is -0.370. The van der Waals surface area contributed by atoms with E-state index in [-0.39, 0.29) is 0 Å². The van der Waals surface area contributed by atoms with Crippen molar-refractivity contribution in [3.8, 4) is 0 Å². The lowest BCUT2D eigenvalue weighted by atomic mass is 9.89. The summed E-state index contributed by atoms with van der Waals surface area (Å²) in [6.07, 6.45) is 22.8. The molecular formula is C25H51NO. The second kappa shape index (κ2) is 20.4. The van der Waals surface area contributed by atoms with Crippen molar-refractivity contribution >= 4 is 5.78 Å². The molecule has 0 aromatic carbocycles. The van der Waals surface area contributed by atoms with Gasteiger partial charge < -0.3 is 4.90 Å². The zero-order valence-electron chi connectivity index (χ0n) is 19.4. The maximum atomic E-state index is 12.1. The van der Waals surface area contributed by atoms with Crippen LogP contribution in [0.1, 0.15) is 129 Å². The Kier molecular flexibility index (Phi) is 20.1. The Balaban J connectivity index is 3.79. The molecular weight excluding hydrogens is 330 g/mol. The molecule has 0 saturated carbocycles. The average Bonchev–Trinajstić information content (AvgIpc) is 2.64. The lowest BCUT2D eigenvalue weighted by Gasteiger charge is -2.17. The fourth-order valence-electron chi connectivity index (χ4n) is 3.96. The summed E-state index contributed by atoms with van der Waals surface area (Å²) < 4.78 is 0. The molecule has 162 valence electrons. The van der Waals surface area contributed by atoms with Crippen molar-refractivity contribution in [2.24, 2.45) is 5.92 Å². The molecule has 27 heavy (non-hydrogen) atoms. The van der Waals surface area contributed by atoms with Crippen LogP contribution in [0.5, 0.6) is 0 Å². The first-order valence-electron chi connectivity index (χ1n) is 12.3. The fourth-order valence-corrected chi connectivity index (χ4v) is 3.96. The molecule has 0 heterocycles. The summed E-state index contributed by atoms with van der Waals surface area (Å²) in [6.45, 7) is 5.73. The molecule has 0 aromatic heterocycles. The third-order valence-electron chi connectivity index (χ3n) is 5.81. The minimum Gasteiger partial charge on any atom is -0.309 e. The summed E-state index contributed by atoms with van der Waals surface area (Å²) in [7, 11) is 4.23. The molecule has 0 saturated heterocycles. The summed E-state index contributed by atoms with van der Waals surface area (Å²) in [5.41, 5.74) is 0. The number of carbonyl (C=O) groups excluding carboxylic acids is 1. The Morgan fingerprint density at radius 1 is 0.630 bits per heavy atom. The molecule has 0 atom stereocenters. The molecule has 2 heteroatoms. The molecule has 0 radical (unpaired) electrons. The van der Waals surface area contributed by atoms with Crippen LogP contribution in [0.25, 0.3) is 0 Å². The second-order valence-corrected chi connectivity index (χ2v) is 8.96. The van der Waals surface area contributed by atoms with Gasteiger partial charge in [-0.15, -0.1) is 0 Å². The zero-order chi connectivity index (χ0) is 20.2. The normalized spacial score (nSPS) is 11.6. The van der Waals surface area contributed by atoms with Crippen LogP contribution in [0.4, 0.5) is 0 Å². The first-order chi connectivity index (χ1) is 13.1. The van der Waals surface area contributed by atoms with E-state index in [2.05, 4.69) is 32.8 Å². The van der Waals surface area contributed by atoms with Gasteiger partial charge in [-0.25, -0.2) is 0 Å². The van der Waals surface area contributed by atoms with Gasteiger partial charge in [-0.2, -0.15) is 0 Å². The second-order valence-electron chi connectivity index (χ2n) is 8.96. The van der Waals surface area contributed by atoms with Gasteiger partial charge in [0.2, 0.25) is 0 Å². The van der Waals surface area contributed by atoms with E-state index < -0.39 is 0 Å². The maximum Gasteiger partial charge on any atom is 0.132 e. The highest BCUT2D eigenvalue weighted by Crippen LogP contribution is 2.24. The molecule has 2 nitrogen and oxygen atoms in total. The van der Waals surface area contributed by atoms with Crippen LogP contribution in [0, 0.1) is 5.92 Å². The van der Waals surface area contributed by atoms with Crippen molar-refractivity contribution in [3.63, 3.8) is 0 Å². The standard InChI is InChI=1S/C25H51NO/c1-5-7-9-12-18-24(19-13-10-8-6-2)20-15-16-22-25(27)21-14-11-17-23-26(3)4/h24H,5-23H2,1-4H3. The third-order valence-corrected chi connectivity index (χ3v) is 5.81. The van der Waals surface area contributed by atoms with E-state index in [1.165, 1.54) is 89.9 Å². The molecule has 0 aliphatic carbocycles. The minimum absolute atomic E-state index is 0.502. The highest BCUT2D eigenvalue weighted by Gasteiger charge is 2.09. The van der Waals surface area contributed by atoms with Gasteiger partial charge in [-0.1, -0.05) is 97.3 Å². The van der Waals surface area contributed by atoms with Crippen LogP contribution >= 0.6 is 0 Å². The molecule has 0 aliphatic rings. The van der Waals surface area contributed by atoms with Gasteiger partial charge in [0.15, 0.2) is 0 Å². The Labute approximate surface area is 171 Å². The van der Waals surface area contributed by atoms with E-state index in [1.807, 2.05) is 0 Å². The molecule has 0 aromatic rings. The molecule has 0 spiro atoms. The van der Waals surface area contributed by atoms with Gasteiger partial charge >= 0.3 is 0 Å². The highest BCUT2D eigenvalue weighted by molar-refractivity contribution is 5.78. The summed E-state index contributed by atoms with van der Waals surface area (Å²) in [4.78, 5) is 14.3. The van der Waals surface area contributed by atoms with Crippen molar-refractivity contribution in [2.45, 2.75) is 129 Å². The Morgan fingerprint density at radius 3 is 1.56 bits per heavy atom. The maximum absolute atomic E-state index is 12.1. The van der Waals surface area contributed by atoms with Crippen molar-refractivity contribution < 1.29 is 4.79 Å². The Morgan fingerprint density at radius 2 is 1.07 bits per heavy atom. The van der Waals surface area contributed by atoms with Gasteiger partial charge in [0.1, 0.15) is 5.78 Å². The van der Waals surface area contributed by atoms with E-state index in [9.17, 15) is 4.79 Å². The number of hydrogen-bond donors (Lipinski definition) is 0. The fraction of sp³-hybridized carbons (Fsp3) is 0.960. The molecule has 0 N–H and O–H groups in total. The molecule has 0 rings (SSSR count). The monoisotopic (exact) mass is 381 g/mol. The van der Waals surface area contributed by atoms with Crippen LogP contribution in [0.2, 0.25) is 0 Å². The van der Waals surface area contributed by atoms with E-state index in [1.54, 1.807) is 0 Å². The SMILES string of the molecule is CCCCCCC(CCCCCC)CCCCC(=O)CCCCCN(C)C. The predicted molar refractivity (Wildman–Crippen MR) is 122 cm³/mol. The van der Waals surface area contributed by atoms with Crippen molar-refractivity contribution in [1.29, 1.82) is 0 Å². The quantitative estimate of drug-likeness (QED) is 0.189. The van der Waals surface area contributed by atoms with Gasteiger partial charge in [0.25, 0.3) is 0 Å². The van der Waals surface area contributed by atoms with Crippen molar-refractivity contribution in [2.75, 3.05) is 20.6 Å². The van der Waals surface area contributed by atoms with E-state index in [0.29, 0.717) is 5.78 Å². The smallest absolute Gasteiger partial charge is 0.132 e. The summed E-state index contributed by atoms with van der Waals surface area (Å²) >= 11 is 0. The number of nitrogens with zero attached hydrogens (tertiary/aromatic N) is 1. The number of hydrogen-bond acceptors (Lipinski definition) is 2. The molecule has 0 bridgehead atoms. The van der Waals surface area contributed by atoms with Crippen LogP contribution in [-0.2, 0) is 4.79 Å². The number of unbranched alkanes of at least 4 members (excludes halogenated alkanes) is 9. The first-order valence-corrected chi connectivity index (χ1v) is 12.3. The van der Waals surface area contributed by atoms with Crippen molar-refractivity contribution in [3.05, 3.63) is 0 Å². The summed E-state index contributed by atoms with van der Waals surface area (Å²) in [5.74, 6) is 1.42. The van der Waals surface area contributed by atoms with Crippen LogP contribution in [0.3, 0.4) is 0 Å². The average molecular weight is 382 g/mol. The number of Topliss-reactive ketones (excluding diaryl/α,β-unsaturated/α-hetero) is 1. The van der Waals surface area contributed by atoms with Crippen LogP contribution in [-0.4, -0.2) is 31.3 Å². The topological polar surface area (TPSA) is 20.3 Å². The zero-order valence-corrected chi connectivity index (χ0v) is 19.4. The lowest BCUT2D eigenvalue weighted by molar-refractivity contribution is -0.119. The van der Waals surface area contributed by atoms with Gasteiger partial charge in [-0.3, -0.25) is 4.79 Å². The van der Waals surface area contributed by atoms with E-state index in [4.69, 9.17) is 0 Å². The number of ketones is 1. The first kappa shape index (κ1) is 26.6. The van der Waals surface area contributed by atoms with Gasteiger partial charge in [0, 0.05) is 12.8 Å². The summed E-state index contributed by atoms with van der Waals surface area (Å²) in [6, 6.07) is 0. The molecule has 0 amide bonds. The van der Waals surface area contributed by atoms with Crippen molar-refractivity contribution in [1.82, 2.24) is 4.90 Å². The molecule has 0 fully saturated rings. The minimum atomic E-state index is 0.502. The predicted octanol–water partition coefficient (Wildman–Crippen LogP) is 7.79. The highest BCUT2D eigenvalue weighted by atomic mass is 16.1. The third kappa shape index (κ3) is 20.2. The van der Waals surface area contributed by atoms with E-state index in [0.717, 1.165) is 38.1 Å². The summed E-state index contributed by atoms with van der Waals surface area (Å²) in [5, 5.41) is 0.